The molecule has 1 heterocycles. The lowest BCUT2D eigenvalue weighted by Crippen LogP contribution is -2.28. The second kappa shape index (κ2) is 7.57. The third-order valence-electron chi connectivity index (χ3n) is 4.38. The lowest BCUT2D eigenvalue weighted by atomic mass is 10.1. The predicted molar refractivity (Wildman–Crippen MR) is 95.5 cm³/mol. The second-order valence-electron chi connectivity index (χ2n) is 6.20. The van der Waals surface area contributed by atoms with Crippen LogP contribution in [-0.2, 0) is 9.59 Å². The van der Waals surface area contributed by atoms with Gasteiger partial charge in [0.15, 0.2) is 17.3 Å². The number of anilines is 1. The van der Waals surface area contributed by atoms with Gasteiger partial charge < -0.3 is 14.4 Å². The Morgan fingerprint density at radius 1 is 1.15 bits per heavy atom. The minimum absolute atomic E-state index is 0.0342. The Bertz CT molecular complexity index is 911. The van der Waals surface area contributed by atoms with Gasteiger partial charge in [0, 0.05) is 18.5 Å². The Morgan fingerprint density at radius 3 is 2.56 bits per heavy atom. The average molecular weight is 371 g/mol. The lowest BCUT2D eigenvalue weighted by Gasteiger charge is -2.17. The van der Waals surface area contributed by atoms with E-state index < -0.39 is 17.7 Å². The molecular formula is C20H18FNO5. The van der Waals surface area contributed by atoms with Crippen LogP contribution in [0.3, 0.4) is 0 Å². The molecule has 0 aliphatic carbocycles. The van der Waals surface area contributed by atoms with Gasteiger partial charge in [0.05, 0.1) is 18.7 Å². The van der Waals surface area contributed by atoms with E-state index in [2.05, 4.69) is 0 Å². The zero-order valence-corrected chi connectivity index (χ0v) is 14.9. The topological polar surface area (TPSA) is 72.9 Å². The molecule has 2 aromatic rings. The third-order valence-corrected chi connectivity index (χ3v) is 4.38. The minimum Gasteiger partial charge on any atom is -0.493 e. The van der Waals surface area contributed by atoms with Crippen molar-refractivity contribution in [1.82, 2.24) is 0 Å². The fourth-order valence-electron chi connectivity index (χ4n) is 2.93. The highest BCUT2D eigenvalue weighted by Crippen LogP contribution is 2.32. The molecule has 1 saturated heterocycles. The van der Waals surface area contributed by atoms with Crippen molar-refractivity contribution < 1.29 is 28.2 Å². The Morgan fingerprint density at radius 2 is 1.89 bits per heavy atom. The van der Waals surface area contributed by atoms with Crippen molar-refractivity contribution in [3.05, 3.63) is 53.8 Å². The van der Waals surface area contributed by atoms with Crippen molar-refractivity contribution in [3.8, 4) is 11.5 Å². The maximum Gasteiger partial charge on any atom is 0.316 e. The van der Waals surface area contributed by atoms with Crippen LogP contribution < -0.4 is 14.4 Å². The summed E-state index contributed by atoms with van der Waals surface area (Å²) in [5.74, 6) is -1.96. The molecule has 1 aliphatic rings. The van der Waals surface area contributed by atoms with Crippen molar-refractivity contribution >= 4 is 23.3 Å². The van der Waals surface area contributed by atoms with E-state index in [9.17, 15) is 18.8 Å². The van der Waals surface area contributed by atoms with Crippen LogP contribution in [0.2, 0.25) is 0 Å². The van der Waals surface area contributed by atoms with E-state index >= 15 is 0 Å². The molecule has 0 bridgehead atoms. The first-order valence-electron chi connectivity index (χ1n) is 8.36. The number of esters is 1. The van der Waals surface area contributed by atoms with Crippen molar-refractivity contribution in [2.75, 3.05) is 18.6 Å². The monoisotopic (exact) mass is 371 g/mol. The highest BCUT2D eigenvalue weighted by Gasteiger charge is 2.37. The molecule has 0 saturated carbocycles. The number of amides is 1. The summed E-state index contributed by atoms with van der Waals surface area (Å²) in [7, 11) is 1.40. The summed E-state index contributed by atoms with van der Waals surface area (Å²) in [5.41, 5.74) is 0.564. The van der Waals surface area contributed by atoms with E-state index in [1.54, 1.807) is 6.07 Å². The zero-order chi connectivity index (χ0) is 19.6. The predicted octanol–water partition coefficient (Wildman–Crippen LogP) is 3.00. The molecule has 0 radical (unpaired) electrons. The molecule has 3 rings (SSSR count). The Kier molecular flexibility index (Phi) is 5.21. The quantitative estimate of drug-likeness (QED) is 0.459. The number of methoxy groups -OCH3 is 1. The standard InChI is InChI=1S/C20H18FNO5/c1-12(23)13-7-8-17(18(9-13)26-2)27-20(25)14-10-19(24)22(11-14)16-6-4-3-5-15(16)21/h3-9,14H,10-11H2,1-2H3/t14-/m0/s1. The molecule has 1 atom stereocenters. The number of Topliss-reactive ketones (excluding diaryl/α,β-unsaturated/α-hetero) is 1. The number of nitrogens with zero attached hydrogens (tertiary/aromatic N) is 1. The fraction of sp³-hybridized carbons (Fsp3) is 0.250. The van der Waals surface area contributed by atoms with Gasteiger partial charge in [-0.25, -0.2) is 4.39 Å². The van der Waals surface area contributed by atoms with Crippen LogP contribution >= 0.6 is 0 Å². The number of halogens is 1. The molecule has 1 amide bonds. The van der Waals surface area contributed by atoms with Gasteiger partial charge in [-0.2, -0.15) is 0 Å². The molecule has 7 heteroatoms. The molecule has 0 spiro atoms. The summed E-state index contributed by atoms with van der Waals surface area (Å²) in [4.78, 5) is 37.4. The van der Waals surface area contributed by atoms with E-state index in [1.807, 2.05) is 0 Å². The van der Waals surface area contributed by atoms with Crippen LogP contribution in [0, 0.1) is 11.7 Å². The highest BCUT2D eigenvalue weighted by atomic mass is 19.1. The molecule has 1 fully saturated rings. The maximum atomic E-state index is 13.9. The van der Waals surface area contributed by atoms with E-state index in [-0.39, 0.29) is 41.8 Å². The fourth-order valence-corrected chi connectivity index (χ4v) is 2.93. The number of rotatable bonds is 5. The normalized spacial score (nSPS) is 16.3. The molecular weight excluding hydrogens is 353 g/mol. The van der Waals surface area contributed by atoms with Crippen molar-refractivity contribution in [1.29, 1.82) is 0 Å². The van der Waals surface area contributed by atoms with Gasteiger partial charge in [-0.3, -0.25) is 14.4 Å². The Hall–Kier alpha value is -3.22. The van der Waals surface area contributed by atoms with Gasteiger partial charge in [-0.15, -0.1) is 0 Å². The zero-order valence-electron chi connectivity index (χ0n) is 14.9. The molecule has 140 valence electrons. The number of hydrogen-bond acceptors (Lipinski definition) is 5. The number of carbonyl (C=O) groups is 3. The molecule has 0 unspecified atom stereocenters. The number of benzene rings is 2. The lowest BCUT2D eigenvalue weighted by molar-refractivity contribution is -0.139. The van der Waals surface area contributed by atoms with Crippen LogP contribution in [0.5, 0.6) is 11.5 Å². The first-order chi connectivity index (χ1) is 12.9. The van der Waals surface area contributed by atoms with Gasteiger partial charge in [-0.05, 0) is 37.3 Å². The van der Waals surface area contributed by atoms with Gasteiger partial charge in [0.1, 0.15) is 5.82 Å². The van der Waals surface area contributed by atoms with Crippen LogP contribution in [-0.4, -0.2) is 31.3 Å². The largest absolute Gasteiger partial charge is 0.493 e. The highest BCUT2D eigenvalue weighted by molar-refractivity contribution is 6.00. The summed E-state index contributed by atoms with van der Waals surface area (Å²) in [5, 5.41) is 0. The molecule has 6 nitrogen and oxygen atoms in total. The Labute approximate surface area is 155 Å². The Balaban J connectivity index is 1.75. The summed E-state index contributed by atoms with van der Waals surface area (Å²) in [6, 6.07) is 10.4. The molecule has 0 N–H and O–H groups in total. The van der Waals surface area contributed by atoms with Gasteiger partial charge in [-0.1, -0.05) is 12.1 Å². The molecule has 0 aromatic heterocycles. The van der Waals surface area contributed by atoms with Crippen molar-refractivity contribution in [3.63, 3.8) is 0 Å². The number of hydrogen-bond donors (Lipinski definition) is 0. The van der Waals surface area contributed by atoms with Crippen LogP contribution in [0.1, 0.15) is 23.7 Å². The summed E-state index contributed by atoms with van der Waals surface area (Å²) in [6.07, 6.45) is -0.0684. The van der Waals surface area contributed by atoms with E-state index in [1.165, 1.54) is 55.3 Å². The van der Waals surface area contributed by atoms with Crippen LogP contribution in [0.4, 0.5) is 10.1 Å². The van der Waals surface area contributed by atoms with Crippen molar-refractivity contribution in [2.45, 2.75) is 13.3 Å². The number of carbonyl (C=O) groups excluding carboxylic acids is 3. The van der Waals surface area contributed by atoms with Gasteiger partial charge in [0.2, 0.25) is 5.91 Å². The number of para-hydroxylation sites is 1. The molecule has 1 aliphatic heterocycles. The first-order valence-corrected chi connectivity index (χ1v) is 8.36. The summed E-state index contributed by atoms with van der Waals surface area (Å²) < 4.78 is 24.5. The molecule has 2 aromatic carbocycles. The van der Waals surface area contributed by atoms with Gasteiger partial charge in [0.25, 0.3) is 0 Å². The first kappa shape index (κ1) is 18.6. The summed E-state index contributed by atoms with van der Waals surface area (Å²) in [6.45, 7) is 1.45. The maximum absolute atomic E-state index is 13.9. The molecule has 27 heavy (non-hydrogen) atoms. The van der Waals surface area contributed by atoms with Crippen LogP contribution in [0.15, 0.2) is 42.5 Å². The minimum atomic E-state index is -0.728. The van der Waals surface area contributed by atoms with Crippen molar-refractivity contribution in [2.24, 2.45) is 5.92 Å². The number of ketones is 1. The van der Waals surface area contributed by atoms with E-state index in [0.717, 1.165) is 0 Å². The second-order valence-corrected chi connectivity index (χ2v) is 6.20. The smallest absolute Gasteiger partial charge is 0.316 e. The SMILES string of the molecule is COc1cc(C(C)=O)ccc1OC(=O)[C@H]1CC(=O)N(c2ccccc2F)C1. The average Bonchev–Trinajstić information content (AvgIpc) is 3.04. The third kappa shape index (κ3) is 3.81. The summed E-state index contributed by atoms with van der Waals surface area (Å²) >= 11 is 0. The van der Waals surface area contributed by atoms with Gasteiger partial charge >= 0.3 is 5.97 Å². The van der Waals surface area contributed by atoms with E-state index in [0.29, 0.717) is 5.56 Å². The number of ether oxygens (including phenoxy) is 2. The van der Waals surface area contributed by atoms with Crippen LogP contribution in [0.25, 0.3) is 0 Å². The van der Waals surface area contributed by atoms with E-state index in [4.69, 9.17) is 9.47 Å².